The number of ether oxygens (including phenoxy) is 1. The van der Waals surface area contributed by atoms with E-state index in [0.29, 0.717) is 5.56 Å². The molecule has 0 unspecified atom stereocenters. The number of hydrogen-bond donors (Lipinski definition) is 1. The third-order valence-corrected chi connectivity index (χ3v) is 4.48. The molecular formula is C24H19NO2. The molecule has 0 fully saturated rings. The van der Waals surface area contributed by atoms with Crippen molar-refractivity contribution in [1.29, 1.82) is 0 Å². The number of amides is 1. The molecule has 0 aliphatic heterocycles. The molecule has 1 N–H and O–H groups in total. The monoisotopic (exact) mass is 353 g/mol. The van der Waals surface area contributed by atoms with Gasteiger partial charge in [-0.2, -0.15) is 0 Å². The molecule has 0 bridgehead atoms. The maximum absolute atomic E-state index is 12.4. The first-order valence-corrected chi connectivity index (χ1v) is 8.83. The van der Waals surface area contributed by atoms with Crippen molar-refractivity contribution in [2.45, 2.75) is 6.92 Å². The molecule has 0 heterocycles. The Morgan fingerprint density at radius 3 is 2.30 bits per heavy atom. The van der Waals surface area contributed by atoms with E-state index in [-0.39, 0.29) is 5.91 Å². The Morgan fingerprint density at radius 1 is 0.778 bits per heavy atom. The molecule has 0 aliphatic carbocycles. The van der Waals surface area contributed by atoms with Gasteiger partial charge in [0.05, 0.1) is 0 Å². The lowest BCUT2D eigenvalue weighted by Crippen LogP contribution is -2.13. The van der Waals surface area contributed by atoms with Gasteiger partial charge >= 0.3 is 0 Å². The largest absolute Gasteiger partial charge is 0.457 e. The normalized spacial score (nSPS) is 10.6. The lowest BCUT2D eigenvalue weighted by molar-refractivity contribution is 0.102. The maximum atomic E-state index is 12.4. The molecule has 0 spiro atoms. The quantitative estimate of drug-likeness (QED) is 0.475. The van der Waals surface area contributed by atoms with Gasteiger partial charge in [0.1, 0.15) is 11.5 Å². The summed E-state index contributed by atoms with van der Waals surface area (Å²) >= 11 is 0. The van der Waals surface area contributed by atoms with Crippen LogP contribution >= 0.6 is 0 Å². The van der Waals surface area contributed by atoms with Crippen molar-refractivity contribution in [2.24, 2.45) is 0 Å². The van der Waals surface area contributed by atoms with Crippen LogP contribution in [0.5, 0.6) is 11.5 Å². The number of benzene rings is 4. The summed E-state index contributed by atoms with van der Waals surface area (Å²) in [6.07, 6.45) is 0. The molecule has 27 heavy (non-hydrogen) atoms. The highest BCUT2D eigenvalue weighted by Crippen LogP contribution is 2.30. The molecule has 0 radical (unpaired) electrons. The number of hydrogen-bond acceptors (Lipinski definition) is 2. The molecule has 132 valence electrons. The van der Waals surface area contributed by atoms with E-state index in [1.54, 1.807) is 0 Å². The Hall–Kier alpha value is -3.59. The second kappa shape index (κ2) is 7.34. The van der Waals surface area contributed by atoms with Crippen LogP contribution in [0.3, 0.4) is 0 Å². The van der Waals surface area contributed by atoms with Crippen molar-refractivity contribution in [3.05, 3.63) is 102 Å². The van der Waals surface area contributed by atoms with Crippen molar-refractivity contribution in [3.63, 3.8) is 0 Å². The second-order valence-corrected chi connectivity index (χ2v) is 6.37. The molecule has 0 saturated carbocycles. The summed E-state index contributed by atoms with van der Waals surface area (Å²) in [6, 6.07) is 29.0. The Bertz CT molecular complexity index is 1100. The summed E-state index contributed by atoms with van der Waals surface area (Å²) in [5.74, 6) is 1.42. The van der Waals surface area contributed by atoms with Gasteiger partial charge in [0.15, 0.2) is 0 Å². The van der Waals surface area contributed by atoms with Crippen LogP contribution in [0.1, 0.15) is 15.9 Å². The van der Waals surface area contributed by atoms with E-state index in [2.05, 4.69) is 17.4 Å². The first kappa shape index (κ1) is 16.9. The molecule has 3 nitrogen and oxygen atoms in total. The summed E-state index contributed by atoms with van der Waals surface area (Å²) in [6.45, 7) is 1.93. The number of aryl methyl sites for hydroxylation is 1. The fourth-order valence-corrected chi connectivity index (χ4v) is 3.04. The smallest absolute Gasteiger partial charge is 0.255 e. The zero-order valence-corrected chi connectivity index (χ0v) is 15.0. The van der Waals surface area contributed by atoms with Crippen LogP contribution in [-0.4, -0.2) is 5.91 Å². The van der Waals surface area contributed by atoms with E-state index in [1.165, 1.54) is 0 Å². The molecule has 3 heteroatoms. The number of nitrogens with one attached hydrogen (secondary N) is 1. The summed E-state index contributed by atoms with van der Waals surface area (Å²) in [7, 11) is 0. The minimum atomic E-state index is -0.115. The molecule has 0 saturated heterocycles. The molecule has 0 atom stereocenters. The maximum Gasteiger partial charge on any atom is 0.255 e. The molecular weight excluding hydrogens is 334 g/mol. The molecule has 4 aromatic rings. The fraction of sp³-hybridized carbons (Fsp3) is 0.0417. The predicted octanol–water partition coefficient (Wildman–Crippen LogP) is 6.19. The highest BCUT2D eigenvalue weighted by atomic mass is 16.5. The zero-order chi connectivity index (χ0) is 18.6. The number of carbonyl (C=O) groups is 1. The SMILES string of the molecule is Cc1ccccc1C(=O)Nc1ccc(Oc2cccc3ccccc23)cc1. The molecule has 0 aromatic heterocycles. The first-order chi connectivity index (χ1) is 13.2. The van der Waals surface area contributed by atoms with Gasteiger partial charge in [-0.1, -0.05) is 54.6 Å². The first-order valence-electron chi connectivity index (χ1n) is 8.83. The zero-order valence-electron chi connectivity index (χ0n) is 15.0. The third-order valence-electron chi connectivity index (χ3n) is 4.48. The summed E-state index contributed by atoms with van der Waals surface area (Å²) in [4.78, 5) is 12.4. The van der Waals surface area contributed by atoms with Gasteiger partial charge in [-0.25, -0.2) is 0 Å². The van der Waals surface area contributed by atoms with Crippen LogP contribution in [0.2, 0.25) is 0 Å². The molecule has 1 amide bonds. The standard InChI is InChI=1S/C24H19NO2/c1-17-7-2-4-10-21(17)24(26)25-19-13-15-20(16-14-19)27-23-12-6-9-18-8-3-5-11-22(18)23/h2-16H,1H3,(H,25,26). The van der Waals surface area contributed by atoms with E-state index in [9.17, 15) is 4.79 Å². The Balaban J connectivity index is 1.51. The number of fused-ring (bicyclic) bond motifs is 1. The van der Waals surface area contributed by atoms with E-state index in [0.717, 1.165) is 33.5 Å². The van der Waals surface area contributed by atoms with Gasteiger partial charge < -0.3 is 10.1 Å². The van der Waals surface area contributed by atoms with Crippen molar-refractivity contribution in [3.8, 4) is 11.5 Å². The van der Waals surface area contributed by atoms with E-state index in [1.807, 2.05) is 85.8 Å². The van der Waals surface area contributed by atoms with Gasteiger partial charge in [0, 0.05) is 16.6 Å². The number of carbonyl (C=O) groups excluding carboxylic acids is 1. The van der Waals surface area contributed by atoms with E-state index in [4.69, 9.17) is 4.74 Å². The van der Waals surface area contributed by atoms with Crippen molar-refractivity contribution in [2.75, 3.05) is 5.32 Å². The van der Waals surface area contributed by atoms with Crippen LogP contribution in [0.15, 0.2) is 91.0 Å². The van der Waals surface area contributed by atoms with Crippen molar-refractivity contribution in [1.82, 2.24) is 0 Å². The summed E-state index contributed by atoms with van der Waals surface area (Å²) < 4.78 is 6.04. The Kier molecular flexibility index (Phi) is 4.58. The molecule has 4 aromatic carbocycles. The van der Waals surface area contributed by atoms with Gasteiger partial charge in [0.25, 0.3) is 5.91 Å². The predicted molar refractivity (Wildman–Crippen MR) is 110 cm³/mol. The van der Waals surface area contributed by atoms with Gasteiger partial charge in [-0.3, -0.25) is 4.79 Å². The number of anilines is 1. The molecule has 4 rings (SSSR count). The average Bonchev–Trinajstić information content (AvgIpc) is 2.70. The van der Waals surface area contributed by atoms with E-state index >= 15 is 0 Å². The van der Waals surface area contributed by atoms with Crippen molar-refractivity contribution >= 4 is 22.4 Å². The Morgan fingerprint density at radius 2 is 1.48 bits per heavy atom. The van der Waals surface area contributed by atoms with Crippen molar-refractivity contribution < 1.29 is 9.53 Å². The minimum Gasteiger partial charge on any atom is -0.457 e. The average molecular weight is 353 g/mol. The minimum absolute atomic E-state index is 0.115. The van der Waals surface area contributed by atoms with Crippen LogP contribution in [-0.2, 0) is 0 Å². The fourth-order valence-electron chi connectivity index (χ4n) is 3.04. The number of rotatable bonds is 4. The highest BCUT2D eigenvalue weighted by molar-refractivity contribution is 6.05. The lowest BCUT2D eigenvalue weighted by Gasteiger charge is -2.11. The molecule has 0 aliphatic rings. The van der Waals surface area contributed by atoms with Crippen LogP contribution in [0.25, 0.3) is 10.8 Å². The van der Waals surface area contributed by atoms with Crippen LogP contribution in [0.4, 0.5) is 5.69 Å². The third kappa shape index (κ3) is 3.67. The topological polar surface area (TPSA) is 38.3 Å². The van der Waals surface area contributed by atoms with Gasteiger partial charge in [-0.05, 0) is 54.3 Å². The highest BCUT2D eigenvalue weighted by Gasteiger charge is 2.09. The lowest BCUT2D eigenvalue weighted by atomic mass is 10.1. The Labute approximate surface area is 158 Å². The summed E-state index contributed by atoms with van der Waals surface area (Å²) in [5.41, 5.74) is 2.35. The van der Waals surface area contributed by atoms with E-state index < -0.39 is 0 Å². The summed E-state index contributed by atoms with van der Waals surface area (Å²) in [5, 5.41) is 5.13. The van der Waals surface area contributed by atoms with Gasteiger partial charge in [-0.15, -0.1) is 0 Å². The second-order valence-electron chi connectivity index (χ2n) is 6.37. The van der Waals surface area contributed by atoms with Gasteiger partial charge in [0.2, 0.25) is 0 Å². The van der Waals surface area contributed by atoms with Crippen LogP contribution in [0, 0.1) is 6.92 Å². The van der Waals surface area contributed by atoms with Crippen LogP contribution < -0.4 is 10.1 Å².